The highest BCUT2D eigenvalue weighted by molar-refractivity contribution is 7.99. The smallest absolute Gasteiger partial charge is 0.160 e. The van der Waals surface area contributed by atoms with Gasteiger partial charge in [-0.05, 0) is 92.0 Å². The zero-order valence-corrected chi connectivity index (χ0v) is 33.0. The maximum Gasteiger partial charge on any atom is 0.160 e. The normalized spacial score (nSPS) is 12.7. The molecule has 2 heterocycles. The van der Waals surface area contributed by atoms with E-state index < -0.39 is 5.41 Å². The zero-order chi connectivity index (χ0) is 40.2. The van der Waals surface area contributed by atoms with Crippen LogP contribution in [0.4, 0.5) is 0 Å². The predicted molar refractivity (Wildman–Crippen MR) is 240 cm³/mol. The van der Waals surface area contributed by atoms with Crippen LogP contribution in [-0.4, -0.2) is 9.97 Å². The van der Waals surface area contributed by atoms with Gasteiger partial charge in [0.25, 0.3) is 0 Å². The van der Waals surface area contributed by atoms with Crippen molar-refractivity contribution in [3.8, 4) is 79.4 Å². The minimum Gasteiger partial charge on any atom is -0.228 e. The molecule has 0 saturated carbocycles. The molecule has 1 aliphatic carbocycles. The third-order valence-electron chi connectivity index (χ3n) is 11.8. The van der Waals surface area contributed by atoms with Crippen molar-refractivity contribution in [1.29, 1.82) is 10.5 Å². The molecular formula is C55H32N4S. The van der Waals surface area contributed by atoms with E-state index in [2.05, 4.69) is 164 Å². The van der Waals surface area contributed by atoms with Crippen molar-refractivity contribution in [2.45, 2.75) is 15.2 Å². The van der Waals surface area contributed by atoms with Gasteiger partial charge in [0.2, 0.25) is 0 Å². The lowest BCUT2D eigenvalue weighted by Gasteiger charge is -2.39. The Kier molecular flexibility index (Phi) is 8.38. The van der Waals surface area contributed by atoms with Crippen molar-refractivity contribution in [2.24, 2.45) is 0 Å². The van der Waals surface area contributed by atoms with Gasteiger partial charge in [-0.3, -0.25) is 0 Å². The minimum atomic E-state index is -0.599. The van der Waals surface area contributed by atoms with E-state index in [1.807, 2.05) is 48.2 Å². The molecule has 0 radical (unpaired) electrons. The minimum absolute atomic E-state index is 0.463. The SMILES string of the molecule is N#Cc1cc(C#N)cc(-c2ccc(-c3cccc4c3-c3c(-c5cc(-c6ccccc6)nc(-c6ccccc6)n5)cccc3C43c4ccccc4Sc4ccccc43)cc2)c1. The van der Waals surface area contributed by atoms with Crippen molar-refractivity contribution in [1.82, 2.24) is 9.97 Å². The molecule has 0 atom stereocenters. The predicted octanol–water partition coefficient (Wildman–Crippen LogP) is 13.4. The summed E-state index contributed by atoms with van der Waals surface area (Å²) < 4.78 is 0. The van der Waals surface area contributed by atoms with Crippen molar-refractivity contribution < 1.29 is 0 Å². The molecule has 0 amide bonds. The van der Waals surface area contributed by atoms with Crippen LogP contribution in [0.3, 0.4) is 0 Å². The summed E-state index contributed by atoms with van der Waals surface area (Å²) in [5.41, 5.74) is 16.3. The molecule has 0 fully saturated rings. The zero-order valence-electron chi connectivity index (χ0n) is 32.2. The van der Waals surface area contributed by atoms with Gasteiger partial charge in [-0.25, -0.2) is 9.97 Å². The Morgan fingerprint density at radius 2 is 0.883 bits per heavy atom. The van der Waals surface area contributed by atoms with Gasteiger partial charge in [0.05, 0.1) is 40.1 Å². The quantitative estimate of drug-likeness (QED) is 0.174. The highest BCUT2D eigenvalue weighted by Crippen LogP contribution is 2.64. The number of rotatable bonds is 5. The second-order valence-corrected chi connectivity index (χ2v) is 16.2. The van der Waals surface area contributed by atoms with Crippen LogP contribution in [0.15, 0.2) is 204 Å². The van der Waals surface area contributed by atoms with Gasteiger partial charge in [-0.2, -0.15) is 10.5 Å². The van der Waals surface area contributed by atoms with Gasteiger partial charge in [-0.1, -0.05) is 169 Å². The van der Waals surface area contributed by atoms with Crippen LogP contribution < -0.4 is 0 Å². The van der Waals surface area contributed by atoms with Gasteiger partial charge in [0.1, 0.15) is 0 Å². The molecule has 1 aliphatic heterocycles. The molecule has 0 unspecified atom stereocenters. The fourth-order valence-electron chi connectivity index (χ4n) is 9.27. The molecule has 2 aliphatic rings. The molecule has 0 saturated heterocycles. The first-order valence-electron chi connectivity index (χ1n) is 19.8. The highest BCUT2D eigenvalue weighted by Gasteiger charge is 2.51. The van der Waals surface area contributed by atoms with Gasteiger partial charge in [-0.15, -0.1) is 0 Å². The lowest BCUT2D eigenvalue weighted by Crippen LogP contribution is -2.31. The maximum absolute atomic E-state index is 9.70. The number of hydrogen-bond acceptors (Lipinski definition) is 5. The number of aromatic nitrogens is 2. The summed E-state index contributed by atoms with van der Waals surface area (Å²) in [4.78, 5) is 13.0. The van der Waals surface area contributed by atoms with Crippen LogP contribution in [0.25, 0.3) is 67.3 Å². The molecule has 9 aromatic rings. The van der Waals surface area contributed by atoms with Crippen molar-refractivity contribution in [3.05, 3.63) is 228 Å². The Bertz CT molecular complexity index is 3120. The number of hydrogen-bond donors (Lipinski definition) is 0. The van der Waals surface area contributed by atoms with Crippen LogP contribution in [0.5, 0.6) is 0 Å². The van der Waals surface area contributed by atoms with Crippen molar-refractivity contribution in [3.63, 3.8) is 0 Å². The van der Waals surface area contributed by atoms with Crippen LogP contribution in [0.1, 0.15) is 33.4 Å². The molecule has 0 N–H and O–H groups in total. The first-order valence-corrected chi connectivity index (χ1v) is 20.7. The Morgan fingerprint density at radius 1 is 0.383 bits per heavy atom. The molecule has 60 heavy (non-hydrogen) atoms. The fraction of sp³-hybridized carbons (Fsp3) is 0.0182. The molecule has 278 valence electrons. The standard InChI is InChI=1S/C55H32N4S/c56-33-35-29-36(34-57)31-41(30-35)37-25-27-38(28-26-37)42-17-11-21-46-52(42)53-43(49-32-48(39-13-3-1-4-14-39)58-54(59-49)40-15-5-2-6-16-40)18-12-22-47(53)55(46)44-19-7-9-23-50(44)60-51-24-10-8-20-45(51)55/h1-32H. The first kappa shape index (κ1) is 35.3. The lowest BCUT2D eigenvalue weighted by molar-refractivity contribution is 0.722. The van der Waals surface area contributed by atoms with Crippen LogP contribution in [0.2, 0.25) is 0 Å². The maximum atomic E-state index is 9.70. The topological polar surface area (TPSA) is 73.4 Å². The summed E-state index contributed by atoms with van der Waals surface area (Å²) >= 11 is 1.84. The molecule has 1 aromatic heterocycles. The second-order valence-electron chi connectivity index (χ2n) is 15.1. The summed E-state index contributed by atoms with van der Waals surface area (Å²) in [7, 11) is 0. The van der Waals surface area contributed by atoms with Gasteiger partial charge in [0.15, 0.2) is 5.82 Å². The van der Waals surface area contributed by atoms with Gasteiger partial charge >= 0.3 is 0 Å². The summed E-state index contributed by atoms with van der Waals surface area (Å²) in [5.74, 6) is 0.672. The number of nitrogens with zero attached hydrogens (tertiary/aromatic N) is 4. The van der Waals surface area contributed by atoms with E-state index in [1.54, 1.807) is 6.07 Å². The van der Waals surface area contributed by atoms with E-state index in [1.165, 1.54) is 37.6 Å². The van der Waals surface area contributed by atoms with Crippen molar-refractivity contribution in [2.75, 3.05) is 0 Å². The van der Waals surface area contributed by atoms with E-state index in [-0.39, 0.29) is 0 Å². The van der Waals surface area contributed by atoms with Crippen molar-refractivity contribution >= 4 is 11.8 Å². The number of fused-ring (bicyclic) bond motifs is 9. The first-order chi connectivity index (χ1) is 29.6. The molecular weight excluding hydrogens is 749 g/mol. The highest BCUT2D eigenvalue weighted by atomic mass is 32.2. The van der Waals surface area contributed by atoms with Crippen LogP contribution >= 0.6 is 11.8 Å². The fourth-order valence-corrected chi connectivity index (χ4v) is 10.5. The Morgan fingerprint density at radius 3 is 1.50 bits per heavy atom. The molecule has 5 heteroatoms. The molecule has 1 spiro atoms. The number of nitriles is 2. The van der Waals surface area contributed by atoms with E-state index in [0.29, 0.717) is 17.0 Å². The van der Waals surface area contributed by atoms with Crippen LogP contribution in [0, 0.1) is 22.7 Å². The second kappa shape index (κ2) is 14.2. The third-order valence-corrected chi connectivity index (χ3v) is 13.0. The Labute approximate surface area is 352 Å². The molecule has 4 nitrogen and oxygen atoms in total. The Hall–Kier alpha value is -7.83. The molecule has 11 rings (SSSR count). The largest absolute Gasteiger partial charge is 0.228 e. The summed E-state index contributed by atoms with van der Waals surface area (Å²) in [5, 5.41) is 19.4. The Balaban J connectivity index is 1.21. The van der Waals surface area contributed by atoms with Gasteiger partial charge in [0, 0.05) is 26.5 Å². The van der Waals surface area contributed by atoms with Crippen LogP contribution in [-0.2, 0) is 5.41 Å². The van der Waals surface area contributed by atoms with E-state index in [0.717, 1.165) is 55.9 Å². The number of benzene rings is 8. The lowest BCUT2D eigenvalue weighted by atomic mass is 9.67. The summed E-state index contributed by atoms with van der Waals surface area (Å²) in [6.45, 7) is 0. The summed E-state index contributed by atoms with van der Waals surface area (Å²) in [6, 6.07) is 72.2. The molecule has 0 bridgehead atoms. The average Bonchev–Trinajstić information content (AvgIpc) is 3.62. The third kappa shape index (κ3) is 5.52. The van der Waals surface area contributed by atoms with E-state index >= 15 is 0 Å². The van der Waals surface area contributed by atoms with Gasteiger partial charge < -0.3 is 0 Å². The van der Waals surface area contributed by atoms with E-state index in [4.69, 9.17) is 9.97 Å². The summed E-state index contributed by atoms with van der Waals surface area (Å²) in [6.07, 6.45) is 0. The monoisotopic (exact) mass is 780 g/mol. The average molecular weight is 781 g/mol. The molecule has 8 aromatic carbocycles. The van der Waals surface area contributed by atoms with E-state index in [9.17, 15) is 10.5 Å².